The predicted octanol–water partition coefficient (Wildman–Crippen LogP) is 4.56. The first-order valence-corrected chi connectivity index (χ1v) is 10.4. The van der Waals surface area contributed by atoms with Crippen LogP contribution in [0.25, 0.3) is 0 Å². The number of nitrogens with one attached hydrogen (secondary N) is 1. The van der Waals surface area contributed by atoms with E-state index in [2.05, 4.69) is 16.5 Å². The molecule has 0 bridgehead atoms. The van der Waals surface area contributed by atoms with Crippen LogP contribution in [0, 0.1) is 6.92 Å². The molecular formula is C20H26N2O2S. The van der Waals surface area contributed by atoms with Gasteiger partial charge in [0.2, 0.25) is 0 Å². The molecule has 1 saturated heterocycles. The second-order valence-corrected chi connectivity index (χ2v) is 8.40. The first-order valence-electron chi connectivity index (χ1n) is 8.96. The van der Waals surface area contributed by atoms with Crippen molar-refractivity contribution in [3.63, 3.8) is 0 Å². The van der Waals surface area contributed by atoms with Crippen LogP contribution in [0.1, 0.15) is 38.2 Å². The van der Waals surface area contributed by atoms with Crippen molar-refractivity contribution in [1.29, 1.82) is 0 Å². The summed E-state index contributed by atoms with van der Waals surface area (Å²) in [6, 6.07) is 15.2. The molecule has 134 valence electrons. The number of hydrogen-bond acceptors (Lipinski definition) is 3. The van der Waals surface area contributed by atoms with Gasteiger partial charge in [-0.2, -0.15) is 0 Å². The first kappa shape index (κ1) is 17.8. The van der Waals surface area contributed by atoms with Crippen LogP contribution in [0.3, 0.4) is 0 Å². The lowest BCUT2D eigenvalue weighted by Crippen LogP contribution is -2.39. The van der Waals surface area contributed by atoms with Gasteiger partial charge in [-0.25, -0.2) is 8.42 Å². The van der Waals surface area contributed by atoms with Crippen molar-refractivity contribution in [1.82, 2.24) is 0 Å². The summed E-state index contributed by atoms with van der Waals surface area (Å²) >= 11 is 0. The molecule has 0 aromatic heterocycles. The second kappa shape index (κ2) is 7.48. The molecule has 1 fully saturated rings. The van der Waals surface area contributed by atoms with Crippen molar-refractivity contribution in [3.05, 3.63) is 54.1 Å². The van der Waals surface area contributed by atoms with Crippen LogP contribution in [0.2, 0.25) is 0 Å². The minimum atomic E-state index is -3.55. The van der Waals surface area contributed by atoms with Gasteiger partial charge < -0.3 is 4.90 Å². The van der Waals surface area contributed by atoms with Gasteiger partial charge in [-0.15, -0.1) is 0 Å². The summed E-state index contributed by atoms with van der Waals surface area (Å²) in [7, 11) is -3.55. The second-order valence-electron chi connectivity index (χ2n) is 6.72. The Hall–Kier alpha value is -2.01. The Bertz CT molecular complexity index is 799. The molecular weight excluding hydrogens is 332 g/mol. The minimum Gasteiger partial charge on any atom is -0.369 e. The maximum Gasteiger partial charge on any atom is 0.261 e. The zero-order valence-electron chi connectivity index (χ0n) is 14.9. The highest BCUT2D eigenvalue weighted by Crippen LogP contribution is 2.28. The molecule has 0 spiro atoms. The Morgan fingerprint density at radius 1 is 1.04 bits per heavy atom. The summed E-state index contributed by atoms with van der Waals surface area (Å²) in [6.07, 6.45) is 4.89. The Balaban J connectivity index is 1.75. The Morgan fingerprint density at radius 3 is 2.36 bits per heavy atom. The number of piperidine rings is 1. The summed E-state index contributed by atoms with van der Waals surface area (Å²) in [6.45, 7) is 5.24. The van der Waals surface area contributed by atoms with Crippen LogP contribution in [-0.2, 0) is 10.0 Å². The summed E-state index contributed by atoms with van der Waals surface area (Å²) in [5.74, 6) is 0. The van der Waals surface area contributed by atoms with Gasteiger partial charge >= 0.3 is 0 Å². The predicted molar refractivity (Wildman–Crippen MR) is 104 cm³/mol. The van der Waals surface area contributed by atoms with E-state index in [0.29, 0.717) is 11.7 Å². The number of anilines is 2. The number of nitrogens with zero attached hydrogens (tertiary/aromatic N) is 1. The van der Waals surface area contributed by atoms with E-state index in [4.69, 9.17) is 0 Å². The van der Waals surface area contributed by atoms with Crippen molar-refractivity contribution in [3.8, 4) is 0 Å². The van der Waals surface area contributed by atoms with Crippen molar-refractivity contribution in [2.75, 3.05) is 16.2 Å². The molecule has 1 N–H and O–H groups in total. The van der Waals surface area contributed by atoms with Crippen molar-refractivity contribution in [2.45, 2.75) is 50.5 Å². The molecule has 3 rings (SSSR count). The molecule has 5 heteroatoms. The van der Waals surface area contributed by atoms with Crippen LogP contribution in [0.15, 0.2) is 53.4 Å². The van der Waals surface area contributed by atoms with Crippen molar-refractivity contribution in [2.24, 2.45) is 0 Å². The Kier molecular flexibility index (Phi) is 5.33. The van der Waals surface area contributed by atoms with E-state index in [1.165, 1.54) is 24.9 Å². The highest BCUT2D eigenvalue weighted by molar-refractivity contribution is 7.92. The summed E-state index contributed by atoms with van der Waals surface area (Å²) in [4.78, 5) is 2.73. The van der Waals surface area contributed by atoms with E-state index in [9.17, 15) is 8.42 Å². The molecule has 25 heavy (non-hydrogen) atoms. The van der Waals surface area contributed by atoms with E-state index in [-0.39, 0.29) is 4.90 Å². The monoisotopic (exact) mass is 358 g/mol. The van der Waals surface area contributed by atoms with Crippen LogP contribution in [0.5, 0.6) is 0 Å². The molecule has 0 saturated carbocycles. The summed E-state index contributed by atoms with van der Waals surface area (Å²) < 4.78 is 27.6. The normalized spacial score (nSPS) is 18.2. The lowest BCUT2D eigenvalue weighted by atomic mass is 9.99. The van der Waals surface area contributed by atoms with Crippen LogP contribution in [-0.4, -0.2) is 21.0 Å². The smallest absolute Gasteiger partial charge is 0.261 e. The number of benzene rings is 2. The number of hydrogen-bond donors (Lipinski definition) is 1. The molecule has 0 aliphatic carbocycles. The molecule has 1 unspecified atom stereocenters. The number of sulfonamides is 1. The zero-order valence-corrected chi connectivity index (χ0v) is 15.7. The zero-order chi connectivity index (χ0) is 17.9. The number of rotatable bonds is 5. The fourth-order valence-electron chi connectivity index (χ4n) is 3.42. The molecule has 1 aliphatic rings. The fourth-order valence-corrected chi connectivity index (χ4v) is 4.48. The molecule has 0 radical (unpaired) electrons. The van der Waals surface area contributed by atoms with Crippen LogP contribution < -0.4 is 9.62 Å². The topological polar surface area (TPSA) is 49.4 Å². The molecule has 2 aromatic rings. The van der Waals surface area contributed by atoms with E-state index in [1.807, 2.05) is 31.2 Å². The van der Waals surface area contributed by atoms with Crippen LogP contribution in [0.4, 0.5) is 11.4 Å². The highest BCUT2D eigenvalue weighted by atomic mass is 32.2. The van der Waals surface area contributed by atoms with Gasteiger partial charge in [0.15, 0.2) is 0 Å². The third kappa shape index (κ3) is 4.15. The molecule has 1 atom stereocenters. The maximum atomic E-state index is 12.5. The average Bonchev–Trinajstić information content (AvgIpc) is 2.62. The molecule has 1 heterocycles. The third-order valence-electron chi connectivity index (χ3n) is 4.88. The van der Waals surface area contributed by atoms with Crippen molar-refractivity contribution < 1.29 is 8.42 Å². The fraction of sp³-hybridized carbons (Fsp3) is 0.400. The largest absolute Gasteiger partial charge is 0.369 e. The Labute approximate surface area is 150 Å². The van der Waals surface area contributed by atoms with Gasteiger partial charge in [-0.3, -0.25) is 4.72 Å². The van der Waals surface area contributed by atoms with E-state index < -0.39 is 10.0 Å². The first-order chi connectivity index (χ1) is 12.0. The average molecular weight is 359 g/mol. The lowest BCUT2D eigenvalue weighted by molar-refractivity contribution is 0.450. The van der Waals surface area contributed by atoms with E-state index in [0.717, 1.165) is 18.5 Å². The molecule has 0 amide bonds. The summed E-state index contributed by atoms with van der Waals surface area (Å²) in [5, 5.41) is 0. The Morgan fingerprint density at radius 2 is 1.72 bits per heavy atom. The van der Waals surface area contributed by atoms with Gasteiger partial charge in [-0.05, 0) is 69.0 Å². The third-order valence-corrected chi connectivity index (χ3v) is 6.28. The molecule has 1 aliphatic heterocycles. The van der Waals surface area contributed by atoms with Crippen LogP contribution >= 0.6 is 0 Å². The van der Waals surface area contributed by atoms with E-state index in [1.54, 1.807) is 24.3 Å². The van der Waals surface area contributed by atoms with Gasteiger partial charge in [0.1, 0.15) is 0 Å². The minimum absolute atomic E-state index is 0.282. The maximum absolute atomic E-state index is 12.5. The quantitative estimate of drug-likeness (QED) is 0.852. The molecule has 4 nitrogen and oxygen atoms in total. The SMILES string of the molecule is CCC1CCCCN1c1ccc(NS(=O)(=O)c2ccc(C)cc2)cc1. The van der Waals surface area contributed by atoms with Gasteiger partial charge in [0.25, 0.3) is 10.0 Å². The lowest BCUT2D eigenvalue weighted by Gasteiger charge is -2.37. The van der Waals surface area contributed by atoms with Crippen molar-refractivity contribution >= 4 is 21.4 Å². The van der Waals surface area contributed by atoms with Gasteiger partial charge in [-0.1, -0.05) is 24.6 Å². The van der Waals surface area contributed by atoms with Gasteiger partial charge in [0, 0.05) is 24.0 Å². The van der Waals surface area contributed by atoms with E-state index >= 15 is 0 Å². The molecule has 2 aromatic carbocycles. The summed E-state index contributed by atoms with van der Waals surface area (Å²) in [5.41, 5.74) is 2.80. The highest BCUT2D eigenvalue weighted by Gasteiger charge is 2.21. The van der Waals surface area contributed by atoms with Gasteiger partial charge in [0.05, 0.1) is 4.90 Å². The number of aryl methyl sites for hydroxylation is 1. The standard InChI is InChI=1S/C20H26N2O2S/c1-3-18-6-4-5-15-22(18)19-11-9-17(10-12-19)21-25(23,24)20-13-7-16(2)8-14-20/h7-14,18,21H,3-6,15H2,1-2H3.